The average molecular weight is 351 g/mol. The van der Waals surface area contributed by atoms with Gasteiger partial charge in [0.05, 0.1) is 18.0 Å². The second-order valence-electron chi connectivity index (χ2n) is 6.69. The Morgan fingerprint density at radius 2 is 2.35 bits per heavy atom. The van der Waals surface area contributed by atoms with Crippen molar-refractivity contribution in [2.75, 3.05) is 5.32 Å². The van der Waals surface area contributed by atoms with Crippen LogP contribution in [0.15, 0.2) is 24.4 Å². The molecule has 4 rings (SSSR count). The molecule has 2 heterocycles. The van der Waals surface area contributed by atoms with Crippen molar-refractivity contribution in [1.29, 1.82) is 5.26 Å². The van der Waals surface area contributed by atoms with Gasteiger partial charge >= 0.3 is 7.12 Å². The average Bonchev–Trinajstić information content (AvgIpc) is 3.30. The van der Waals surface area contributed by atoms with Gasteiger partial charge in [0.25, 0.3) is 5.91 Å². The monoisotopic (exact) mass is 351 g/mol. The van der Waals surface area contributed by atoms with Gasteiger partial charge in [-0.2, -0.15) is 10.4 Å². The predicted octanol–water partition coefficient (Wildman–Crippen LogP) is 1.54. The van der Waals surface area contributed by atoms with Gasteiger partial charge in [0.2, 0.25) is 0 Å². The topological polar surface area (TPSA) is 126 Å². The van der Waals surface area contributed by atoms with Crippen molar-refractivity contribution in [2.24, 2.45) is 11.7 Å². The Balaban J connectivity index is 1.63. The number of nitriles is 1. The van der Waals surface area contributed by atoms with Gasteiger partial charge in [-0.25, -0.2) is 0 Å². The summed E-state index contributed by atoms with van der Waals surface area (Å²) in [5.41, 5.74) is 7.37. The molecule has 0 bridgehead atoms. The molecule has 0 unspecified atom stereocenters. The third-order valence-corrected chi connectivity index (χ3v) is 4.97. The standard InChI is InChI=1S/C17H18BN5O3/c19-8-11-2-1-3-14(11)23-9-13(16(20)24)17(22-23)21-12-5-4-10-7-18(25)26-15(10)6-12/h4-6,9,11,14,25H,1-3,7H2,(H2,20,24)(H,21,22)/t11-,14+/m0/s1. The van der Waals surface area contributed by atoms with Gasteiger partial charge < -0.3 is 20.7 Å². The highest BCUT2D eigenvalue weighted by Crippen LogP contribution is 2.36. The first-order valence-corrected chi connectivity index (χ1v) is 8.58. The van der Waals surface area contributed by atoms with Crippen LogP contribution in [0.3, 0.4) is 0 Å². The van der Waals surface area contributed by atoms with Gasteiger partial charge in [-0.15, -0.1) is 0 Å². The summed E-state index contributed by atoms with van der Waals surface area (Å²) in [6, 6.07) is 7.71. The third-order valence-electron chi connectivity index (χ3n) is 4.97. The van der Waals surface area contributed by atoms with E-state index in [-0.39, 0.29) is 17.5 Å². The molecule has 1 aliphatic carbocycles. The molecule has 1 amide bonds. The summed E-state index contributed by atoms with van der Waals surface area (Å²) in [5, 5.41) is 26.4. The van der Waals surface area contributed by atoms with Crippen molar-refractivity contribution in [3.05, 3.63) is 35.5 Å². The molecule has 1 fully saturated rings. The molecule has 0 saturated heterocycles. The molecular weight excluding hydrogens is 333 g/mol. The van der Waals surface area contributed by atoms with Gasteiger partial charge in [-0.1, -0.05) is 6.07 Å². The van der Waals surface area contributed by atoms with E-state index in [1.54, 1.807) is 16.9 Å². The first-order chi connectivity index (χ1) is 12.5. The van der Waals surface area contributed by atoms with E-state index in [1.165, 1.54) is 0 Å². The minimum absolute atomic E-state index is 0.0489. The number of amides is 1. The second-order valence-corrected chi connectivity index (χ2v) is 6.69. The molecule has 2 atom stereocenters. The van der Waals surface area contributed by atoms with Crippen LogP contribution in [0.4, 0.5) is 11.5 Å². The van der Waals surface area contributed by atoms with Crippen LogP contribution in [-0.4, -0.2) is 27.8 Å². The van der Waals surface area contributed by atoms with Crippen LogP contribution >= 0.6 is 0 Å². The highest BCUT2D eigenvalue weighted by Gasteiger charge is 2.31. The molecule has 26 heavy (non-hydrogen) atoms. The van der Waals surface area contributed by atoms with Gasteiger partial charge in [-0.3, -0.25) is 9.48 Å². The lowest BCUT2D eigenvalue weighted by Gasteiger charge is -2.13. The summed E-state index contributed by atoms with van der Waals surface area (Å²) in [6.45, 7) is 0. The van der Waals surface area contributed by atoms with E-state index in [2.05, 4.69) is 16.5 Å². The molecule has 0 spiro atoms. The SMILES string of the molecule is N#C[C@@H]1CCC[C@H]1n1cc(C(N)=O)c(Nc2ccc3c(c2)OB(O)C3)n1. The number of benzene rings is 1. The van der Waals surface area contributed by atoms with Gasteiger partial charge in [0.15, 0.2) is 5.82 Å². The summed E-state index contributed by atoms with van der Waals surface area (Å²) >= 11 is 0. The Morgan fingerprint density at radius 1 is 1.50 bits per heavy atom. The molecule has 0 radical (unpaired) electrons. The van der Waals surface area contributed by atoms with Crippen LogP contribution in [0, 0.1) is 17.2 Å². The number of fused-ring (bicyclic) bond motifs is 1. The van der Waals surface area contributed by atoms with E-state index < -0.39 is 13.0 Å². The molecule has 8 nitrogen and oxygen atoms in total. The zero-order chi connectivity index (χ0) is 18.3. The summed E-state index contributed by atoms with van der Waals surface area (Å²) < 4.78 is 7.02. The molecule has 1 aromatic heterocycles. The number of carbonyl (C=O) groups excluding carboxylic acids is 1. The van der Waals surface area contributed by atoms with Crippen LogP contribution in [0.5, 0.6) is 5.75 Å². The Bertz CT molecular complexity index is 906. The largest absolute Gasteiger partial charge is 0.536 e. The van der Waals surface area contributed by atoms with Crippen LogP contribution < -0.4 is 15.7 Å². The van der Waals surface area contributed by atoms with E-state index in [9.17, 15) is 15.1 Å². The quantitative estimate of drug-likeness (QED) is 0.718. The normalized spacial score (nSPS) is 21.2. The molecule has 1 aliphatic heterocycles. The summed E-state index contributed by atoms with van der Waals surface area (Å²) in [4.78, 5) is 11.8. The van der Waals surface area contributed by atoms with Crippen molar-refractivity contribution < 1.29 is 14.5 Å². The molecule has 1 saturated carbocycles. The number of primary amides is 1. The van der Waals surface area contributed by atoms with Gasteiger partial charge in [0, 0.05) is 24.3 Å². The Morgan fingerprint density at radius 3 is 3.12 bits per heavy atom. The molecule has 132 valence electrons. The van der Waals surface area contributed by atoms with E-state index in [4.69, 9.17) is 10.4 Å². The first kappa shape index (κ1) is 16.5. The number of hydrogen-bond donors (Lipinski definition) is 3. The predicted molar refractivity (Wildman–Crippen MR) is 94.8 cm³/mol. The number of nitrogens with zero attached hydrogens (tertiary/aromatic N) is 3. The number of nitrogens with two attached hydrogens (primary N) is 1. The van der Waals surface area contributed by atoms with Crippen molar-refractivity contribution in [3.8, 4) is 11.8 Å². The highest BCUT2D eigenvalue weighted by molar-refractivity contribution is 6.44. The molecule has 1 aromatic carbocycles. The van der Waals surface area contributed by atoms with Gasteiger partial charge in [0.1, 0.15) is 11.3 Å². The fourth-order valence-electron chi connectivity index (χ4n) is 3.67. The third kappa shape index (κ3) is 2.89. The smallest absolute Gasteiger partial charge is 0.527 e. The number of carbonyl (C=O) groups is 1. The number of anilines is 2. The first-order valence-electron chi connectivity index (χ1n) is 8.58. The van der Waals surface area contributed by atoms with Crippen LogP contribution in [-0.2, 0) is 6.32 Å². The van der Waals surface area contributed by atoms with Crippen molar-refractivity contribution in [2.45, 2.75) is 31.6 Å². The lowest BCUT2D eigenvalue weighted by atomic mass is 9.85. The maximum absolute atomic E-state index is 11.8. The van der Waals surface area contributed by atoms with E-state index in [0.29, 0.717) is 23.6 Å². The van der Waals surface area contributed by atoms with E-state index >= 15 is 0 Å². The second kappa shape index (κ2) is 6.39. The van der Waals surface area contributed by atoms with Crippen molar-refractivity contribution in [1.82, 2.24) is 9.78 Å². The number of nitrogens with one attached hydrogen (secondary N) is 1. The van der Waals surface area contributed by atoms with Crippen LogP contribution in [0.25, 0.3) is 0 Å². The highest BCUT2D eigenvalue weighted by atomic mass is 16.5. The molecule has 4 N–H and O–H groups in total. The summed E-state index contributed by atoms with van der Waals surface area (Å²) in [7, 11) is -0.828. The van der Waals surface area contributed by atoms with Crippen molar-refractivity contribution >= 4 is 24.5 Å². The molecule has 2 aromatic rings. The zero-order valence-electron chi connectivity index (χ0n) is 14.1. The fourth-order valence-corrected chi connectivity index (χ4v) is 3.67. The van der Waals surface area contributed by atoms with E-state index in [1.807, 2.05) is 12.1 Å². The Hall–Kier alpha value is -2.99. The Kier molecular flexibility index (Phi) is 4.05. The number of aromatic nitrogens is 2. The molecular formula is C17H18BN5O3. The minimum atomic E-state index is -0.828. The number of hydrogen-bond acceptors (Lipinski definition) is 6. The minimum Gasteiger partial charge on any atom is -0.536 e. The maximum atomic E-state index is 11.8. The lowest BCUT2D eigenvalue weighted by Crippen LogP contribution is -2.17. The molecule has 2 aliphatic rings. The maximum Gasteiger partial charge on any atom is 0.527 e. The van der Waals surface area contributed by atoms with E-state index in [0.717, 1.165) is 24.8 Å². The molecule has 9 heteroatoms. The van der Waals surface area contributed by atoms with Crippen molar-refractivity contribution in [3.63, 3.8) is 0 Å². The lowest BCUT2D eigenvalue weighted by molar-refractivity contribution is 0.100. The fraction of sp³-hybridized carbons (Fsp3) is 0.353. The Labute approximate surface area is 150 Å². The van der Waals surface area contributed by atoms with Crippen LogP contribution in [0.2, 0.25) is 0 Å². The van der Waals surface area contributed by atoms with Gasteiger partial charge in [-0.05, 0) is 30.9 Å². The summed E-state index contributed by atoms with van der Waals surface area (Å²) in [5.74, 6) is 0.249. The number of rotatable bonds is 4. The zero-order valence-corrected chi connectivity index (χ0v) is 14.1. The summed E-state index contributed by atoms with van der Waals surface area (Å²) in [6.07, 6.45) is 4.71. The van der Waals surface area contributed by atoms with Crippen LogP contribution in [0.1, 0.15) is 41.2 Å².